The number of likely N-dealkylation sites (tertiary alicyclic amines) is 1. The first-order valence-corrected chi connectivity index (χ1v) is 10.4. The first kappa shape index (κ1) is 18.7. The number of hydrogen-bond acceptors (Lipinski definition) is 3. The van der Waals surface area contributed by atoms with Crippen molar-refractivity contribution in [3.63, 3.8) is 0 Å². The standard InChI is InChI=1S/C20H35N3O2/c1-3-18(24)21-12-14-22(15-13-21)19(17-9-4-5-10-17)20(25)23-11-7-6-8-16(23)2/h16-17,19H,3-15H2,1-2H3/t16-,19-/m1/s1. The van der Waals surface area contributed by atoms with Crippen LogP contribution in [-0.2, 0) is 9.59 Å². The van der Waals surface area contributed by atoms with E-state index in [0.717, 1.165) is 45.6 Å². The predicted molar refractivity (Wildman–Crippen MR) is 99.2 cm³/mol. The first-order valence-electron chi connectivity index (χ1n) is 10.4. The average molecular weight is 350 g/mol. The highest BCUT2D eigenvalue weighted by Crippen LogP contribution is 2.33. The number of hydrogen-bond donors (Lipinski definition) is 0. The Bertz CT molecular complexity index is 468. The summed E-state index contributed by atoms with van der Waals surface area (Å²) in [5.74, 6) is 1.12. The summed E-state index contributed by atoms with van der Waals surface area (Å²) in [5, 5.41) is 0. The lowest BCUT2D eigenvalue weighted by Gasteiger charge is -2.44. The lowest BCUT2D eigenvalue weighted by Crippen LogP contribution is -2.60. The molecule has 0 unspecified atom stereocenters. The fraction of sp³-hybridized carbons (Fsp3) is 0.900. The molecule has 0 bridgehead atoms. The number of nitrogens with zero attached hydrogens (tertiary/aromatic N) is 3. The van der Waals surface area contributed by atoms with Gasteiger partial charge < -0.3 is 9.80 Å². The summed E-state index contributed by atoms with van der Waals surface area (Å²) in [6.45, 7) is 8.31. The molecule has 0 aromatic heterocycles. The molecule has 2 saturated heterocycles. The van der Waals surface area contributed by atoms with Crippen molar-refractivity contribution in [1.29, 1.82) is 0 Å². The van der Waals surface area contributed by atoms with Crippen molar-refractivity contribution in [2.45, 2.75) is 77.3 Å². The van der Waals surface area contributed by atoms with Gasteiger partial charge in [-0.15, -0.1) is 0 Å². The Balaban J connectivity index is 1.69. The van der Waals surface area contributed by atoms with Gasteiger partial charge in [0.15, 0.2) is 0 Å². The highest BCUT2D eigenvalue weighted by Gasteiger charge is 2.40. The lowest BCUT2D eigenvalue weighted by atomic mass is 9.92. The summed E-state index contributed by atoms with van der Waals surface area (Å²) in [7, 11) is 0. The van der Waals surface area contributed by atoms with Crippen LogP contribution >= 0.6 is 0 Å². The summed E-state index contributed by atoms with van der Waals surface area (Å²) in [6.07, 6.45) is 9.01. The van der Waals surface area contributed by atoms with Gasteiger partial charge in [-0.25, -0.2) is 0 Å². The fourth-order valence-corrected chi connectivity index (χ4v) is 5.00. The first-order chi connectivity index (χ1) is 12.1. The highest BCUT2D eigenvalue weighted by atomic mass is 16.2. The molecule has 3 rings (SSSR count). The third kappa shape index (κ3) is 4.18. The molecule has 3 fully saturated rings. The van der Waals surface area contributed by atoms with E-state index in [0.29, 0.717) is 24.3 Å². The second-order valence-corrected chi connectivity index (χ2v) is 8.14. The van der Waals surface area contributed by atoms with Crippen LogP contribution in [0.1, 0.15) is 65.2 Å². The van der Waals surface area contributed by atoms with Crippen molar-refractivity contribution < 1.29 is 9.59 Å². The maximum atomic E-state index is 13.5. The smallest absolute Gasteiger partial charge is 0.240 e. The Labute approximate surface area is 152 Å². The molecule has 0 spiro atoms. The molecule has 1 aliphatic carbocycles. The molecule has 25 heavy (non-hydrogen) atoms. The van der Waals surface area contributed by atoms with Gasteiger partial charge >= 0.3 is 0 Å². The summed E-state index contributed by atoms with van der Waals surface area (Å²) in [5.41, 5.74) is 0. The molecule has 0 aromatic carbocycles. The lowest BCUT2D eigenvalue weighted by molar-refractivity contribution is -0.144. The summed E-state index contributed by atoms with van der Waals surface area (Å²) >= 11 is 0. The third-order valence-electron chi connectivity index (χ3n) is 6.55. The molecule has 5 nitrogen and oxygen atoms in total. The third-order valence-corrected chi connectivity index (χ3v) is 6.55. The van der Waals surface area contributed by atoms with Crippen LogP contribution in [0.3, 0.4) is 0 Å². The van der Waals surface area contributed by atoms with Crippen LogP contribution in [0.25, 0.3) is 0 Å². The SMILES string of the molecule is CCC(=O)N1CCN([C@@H](C(=O)N2CCCC[C@H]2C)C2CCCC2)CC1. The molecule has 142 valence electrons. The van der Waals surface area contributed by atoms with E-state index in [4.69, 9.17) is 0 Å². The predicted octanol–water partition coefficient (Wildman–Crippen LogP) is 2.50. The van der Waals surface area contributed by atoms with Gasteiger partial charge in [-0.05, 0) is 44.9 Å². The number of rotatable bonds is 4. The summed E-state index contributed by atoms with van der Waals surface area (Å²) < 4.78 is 0. The number of amides is 2. The van der Waals surface area contributed by atoms with Crippen molar-refractivity contribution in [1.82, 2.24) is 14.7 Å². The zero-order chi connectivity index (χ0) is 17.8. The molecular weight excluding hydrogens is 314 g/mol. The number of carbonyl (C=O) groups excluding carboxylic acids is 2. The molecule has 3 aliphatic rings. The minimum absolute atomic E-state index is 0.0435. The van der Waals surface area contributed by atoms with E-state index >= 15 is 0 Å². The zero-order valence-corrected chi connectivity index (χ0v) is 16.1. The van der Waals surface area contributed by atoms with E-state index in [9.17, 15) is 9.59 Å². The van der Waals surface area contributed by atoms with Crippen molar-refractivity contribution in [2.24, 2.45) is 5.92 Å². The Kier molecular flexibility index (Phi) is 6.37. The van der Waals surface area contributed by atoms with Gasteiger partial charge in [0.1, 0.15) is 0 Å². The van der Waals surface area contributed by atoms with E-state index in [2.05, 4.69) is 16.7 Å². The Morgan fingerprint density at radius 3 is 2.16 bits per heavy atom. The monoisotopic (exact) mass is 349 g/mol. The van der Waals surface area contributed by atoms with Gasteiger partial charge in [0.2, 0.25) is 11.8 Å². The molecule has 2 aliphatic heterocycles. The van der Waals surface area contributed by atoms with E-state index in [1.165, 1.54) is 32.1 Å². The molecule has 5 heteroatoms. The van der Waals surface area contributed by atoms with Gasteiger partial charge in [0.05, 0.1) is 6.04 Å². The van der Waals surface area contributed by atoms with Crippen LogP contribution in [-0.4, -0.2) is 71.3 Å². The number of carbonyl (C=O) groups is 2. The molecule has 0 aromatic rings. The molecule has 2 heterocycles. The van der Waals surface area contributed by atoms with Crippen LogP contribution in [0.15, 0.2) is 0 Å². The largest absolute Gasteiger partial charge is 0.340 e. The van der Waals surface area contributed by atoms with Crippen LogP contribution in [0.5, 0.6) is 0 Å². The number of piperazine rings is 1. The van der Waals surface area contributed by atoms with Crippen molar-refractivity contribution in [2.75, 3.05) is 32.7 Å². The average Bonchev–Trinajstić information content (AvgIpc) is 3.16. The second kappa shape index (κ2) is 8.52. The molecule has 0 radical (unpaired) electrons. The number of piperidine rings is 1. The van der Waals surface area contributed by atoms with E-state index in [1.807, 2.05) is 11.8 Å². The molecular formula is C20H35N3O2. The molecule has 2 amide bonds. The Morgan fingerprint density at radius 1 is 0.920 bits per heavy atom. The van der Waals surface area contributed by atoms with Gasteiger partial charge in [0.25, 0.3) is 0 Å². The highest BCUT2D eigenvalue weighted by molar-refractivity contribution is 5.83. The molecule has 1 saturated carbocycles. The van der Waals surface area contributed by atoms with Gasteiger partial charge in [-0.1, -0.05) is 19.8 Å². The second-order valence-electron chi connectivity index (χ2n) is 8.14. The maximum absolute atomic E-state index is 13.5. The van der Waals surface area contributed by atoms with E-state index < -0.39 is 0 Å². The fourth-order valence-electron chi connectivity index (χ4n) is 5.00. The zero-order valence-electron chi connectivity index (χ0n) is 16.1. The van der Waals surface area contributed by atoms with E-state index in [1.54, 1.807) is 0 Å². The molecule has 2 atom stereocenters. The van der Waals surface area contributed by atoms with Crippen molar-refractivity contribution >= 4 is 11.8 Å². The van der Waals surface area contributed by atoms with E-state index in [-0.39, 0.29) is 11.9 Å². The quantitative estimate of drug-likeness (QED) is 0.783. The minimum Gasteiger partial charge on any atom is -0.340 e. The minimum atomic E-state index is 0.0435. The van der Waals surface area contributed by atoms with Crippen LogP contribution < -0.4 is 0 Å². The van der Waals surface area contributed by atoms with Gasteiger partial charge in [0, 0.05) is 45.2 Å². The summed E-state index contributed by atoms with van der Waals surface area (Å²) in [6, 6.07) is 0.426. The topological polar surface area (TPSA) is 43.9 Å². The van der Waals surface area contributed by atoms with Gasteiger partial charge in [-0.2, -0.15) is 0 Å². The van der Waals surface area contributed by atoms with Crippen molar-refractivity contribution in [3.8, 4) is 0 Å². The maximum Gasteiger partial charge on any atom is 0.240 e. The summed E-state index contributed by atoms with van der Waals surface area (Å²) in [4.78, 5) is 32.0. The van der Waals surface area contributed by atoms with Gasteiger partial charge in [-0.3, -0.25) is 14.5 Å². The van der Waals surface area contributed by atoms with Crippen molar-refractivity contribution in [3.05, 3.63) is 0 Å². The van der Waals surface area contributed by atoms with Crippen LogP contribution in [0.2, 0.25) is 0 Å². The normalized spacial score (nSPS) is 27.5. The Hall–Kier alpha value is -1.10. The van der Waals surface area contributed by atoms with Crippen LogP contribution in [0, 0.1) is 5.92 Å². The Morgan fingerprint density at radius 2 is 1.56 bits per heavy atom. The molecule has 0 N–H and O–H groups in total. The van der Waals surface area contributed by atoms with Crippen LogP contribution in [0.4, 0.5) is 0 Å².